The van der Waals surface area contributed by atoms with Crippen molar-refractivity contribution in [3.05, 3.63) is 65.0 Å². The van der Waals surface area contributed by atoms with E-state index in [1.54, 1.807) is 26.0 Å². The number of anilines is 1. The van der Waals surface area contributed by atoms with Crippen LogP contribution in [0.2, 0.25) is 0 Å². The van der Waals surface area contributed by atoms with E-state index < -0.39 is 34.3 Å². The summed E-state index contributed by atoms with van der Waals surface area (Å²) in [6, 6.07) is 10.2. The first kappa shape index (κ1) is 25.3. The molecule has 9 heteroatoms. The fourth-order valence-electron chi connectivity index (χ4n) is 3.46. The minimum absolute atomic E-state index is 0.0371. The summed E-state index contributed by atoms with van der Waals surface area (Å²) in [6.45, 7) is 4.95. The molecule has 0 aliphatic rings. The van der Waals surface area contributed by atoms with Crippen LogP contribution in [0.1, 0.15) is 30.0 Å². The quantitative estimate of drug-likeness (QED) is 0.620. The summed E-state index contributed by atoms with van der Waals surface area (Å²) < 4.78 is 39.6. The van der Waals surface area contributed by atoms with Crippen molar-refractivity contribution < 1.29 is 22.4 Å². The third-order valence-corrected chi connectivity index (χ3v) is 6.34. The molecule has 1 atom stereocenters. The van der Waals surface area contributed by atoms with Gasteiger partial charge in [0.25, 0.3) is 0 Å². The number of benzene rings is 2. The highest BCUT2D eigenvalue weighted by atomic mass is 32.2. The molecule has 0 aromatic heterocycles. The number of hydrogen-bond donors (Lipinski definition) is 1. The van der Waals surface area contributed by atoms with Gasteiger partial charge < -0.3 is 10.2 Å². The molecule has 1 unspecified atom stereocenters. The number of rotatable bonds is 9. The predicted molar refractivity (Wildman–Crippen MR) is 123 cm³/mol. The normalized spacial score (nSPS) is 12.2. The van der Waals surface area contributed by atoms with E-state index >= 15 is 0 Å². The van der Waals surface area contributed by atoms with Crippen LogP contribution in [0, 0.1) is 19.7 Å². The van der Waals surface area contributed by atoms with Gasteiger partial charge in [0.2, 0.25) is 21.8 Å². The van der Waals surface area contributed by atoms with Crippen LogP contribution < -0.4 is 9.62 Å². The standard InChI is InChI=1S/C23H30FN3O4S/c1-6-20(23(29)25-4)26(14-18-9-11-19(24)12-10-18)22(28)15-27(32(5,30)31)21-13-16(2)7-8-17(21)3/h7-13,20H,6,14-15H2,1-5H3,(H,25,29). The number of nitrogens with one attached hydrogen (secondary N) is 1. The SMILES string of the molecule is CCC(C(=O)NC)N(Cc1ccc(F)cc1)C(=O)CN(c1cc(C)ccc1C)S(C)(=O)=O. The Bertz CT molecular complexity index is 1070. The molecule has 174 valence electrons. The van der Waals surface area contributed by atoms with Crippen LogP contribution in [0.4, 0.5) is 10.1 Å². The predicted octanol–water partition coefficient (Wildman–Crippen LogP) is 2.76. The van der Waals surface area contributed by atoms with Crippen molar-refractivity contribution in [1.82, 2.24) is 10.2 Å². The molecule has 0 aliphatic carbocycles. The first-order valence-corrected chi connectivity index (χ1v) is 12.1. The monoisotopic (exact) mass is 463 g/mol. The highest BCUT2D eigenvalue weighted by Crippen LogP contribution is 2.25. The van der Waals surface area contributed by atoms with Gasteiger partial charge in [-0.05, 0) is 55.2 Å². The minimum Gasteiger partial charge on any atom is -0.357 e. The number of sulfonamides is 1. The average Bonchev–Trinajstić information content (AvgIpc) is 2.73. The molecule has 0 fully saturated rings. The van der Waals surface area contributed by atoms with Gasteiger partial charge in [-0.15, -0.1) is 0 Å². The maximum Gasteiger partial charge on any atom is 0.244 e. The van der Waals surface area contributed by atoms with Gasteiger partial charge >= 0.3 is 0 Å². The van der Waals surface area contributed by atoms with Crippen LogP contribution in [0.3, 0.4) is 0 Å². The van der Waals surface area contributed by atoms with E-state index in [0.717, 1.165) is 16.1 Å². The summed E-state index contributed by atoms with van der Waals surface area (Å²) in [6.07, 6.45) is 1.37. The second kappa shape index (κ2) is 10.6. The van der Waals surface area contributed by atoms with E-state index in [9.17, 15) is 22.4 Å². The van der Waals surface area contributed by atoms with Crippen LogP contribution in [0.15, 0.2) is 42.5 Å². The zero-order chi connectivity index (χ0) is 24.1. The van der Waals surface area contributed by atoms with Crippen molar-refractivity contribution in [2.75, 3.05) is 24.2 Å². The van der Waals surface area contributed by atoms with Crippen molar-refractivity contribution in [1.29, 1.82) is 0 Å². The van der Waals surface area contributed by atoms with Gasteiger partial charge in [-0.25, -0.2) is 12.8 Å². The largest absolute Gasteiger partial charge is 0.357 e. The molecule has 2 aromatic carbocycles. The Morgan fingerprint density at radius 2 is 1.72 bits per heavy atom. The van der Waals surface area contributed by atoms with E-state index in [1.165, 1.54) is 36.2 Å². The molecule has 0 heterocycles. The minimum atomic E-state index is -3.79. The molecule has 0 spiro atoms. The van der Waals surface area contributed by atoms with Gasteiger partial charge in [-0.3, -0.25) is 13.9 Å². The first-order chi connectivity index (χ1) is 15.0. The zero-order valence-corrected chi connectivity index (χ0v) is 19.9. The Labute approximate surface area is 189 Å². The molecule has 2 rings (SSSR count). The molecule has 7 nitrogen and oxygen atoms in total. The van der Waals surface area contributed by atoms with Crippen molar-refractivity contribution in [2.45, 2.75) is 39.8 Å². The van der Waals surface area contributed by atoms with Gasteiger partial charge in [0.05, 0.1) is 11.9 Å². The maximum absolute atomic E-state index is 13.4. The Balaban J connectivity index is 2.46. The fourth-order valence-corrected chi connectivity index (χ4v) is 4.35. The summed E-state index contributed by atoms with van der Waals surface area (Å²) in [5, 5.41) is 2.55. The van der Waals surface area contributed by atoms with Gasteiger partial charge in [0.15, 0.2) is 0 Å². The zero-order valence-electron chi connectivity index (χ0n) is 19.1. The van der Waals surface area contributed by atoms with E-state index in [4.69, 9.17) is 0 Å². The lowest BCUT2D eigenvalue weighted by atomic mass is 10.1. The molecule has 0 saturated heterocycles. The lowest BCUT2D eigenvalue weighted by Gasteiger charge is -2.33. The number of carbonyl (C=O) groups excluding carboxylic acids is 2. The van der Waals surface area contributed by atoms with E-state index in [-0.39, 0.29) is 12.5 Å². The third-order valence-electron chi connectivity index (χ3n) is 5.21. The topological polar surface area (TPSA) is 86.8 Å². The van der Waals surface area contributed by atoms with Crippen LogP contribution >= 0.6 is 0 Å². The summed E-state index contributed by atoms with van der Waals surface area (Å²) in [5.41, 5.74) is 2.60. The number of aryl methyl sites for hydroxylation is 2. The van der Waals surface area contributed by atoms with E-state index in [2.05, 4.69) is 5.32 Å². The molecule has 32 heavy (non-hydrogen) atoms. The number of likely N-dealkylation sites (N-methyl/N-ethyl adjacent to an activating group) is 1. The van der Waals surface area contributed by atoms with Crippen molar-refractivity contribution in [3.63, 3.8) is 0 Å². The van der Waals surface area contributed by atoms with Crippen molar-refractivity contribution in [3.8, 4) is 0 Å². The second-order valence-electron chi connectivity index (χ2n) is 7.75. The number of halogens is 1. The van der Waals surface area contributed by atoms with Gasteiger partial charge in [0.1, 0.15) is 18.4 Å². The summed E-state index contributed by atoms with van der Waals surface area (Å²) >= 11 is 0. The Morgan fingerprint density at radius 1 is 1.09 bits per heavy atom. The Kier molecular flexibility index (Phi) is 8.38. The van der Waals surface area contributed by atoms with E-state index in [0.29, 0.717) is 23.2 Å². The lowest BCUT2D eigenvalue weighted by molar-refractivity contribution is -0.140. The molecule has 0 radical (unpaired) electrons. The smallest absolute Gasteiger partial charge is 0.244 e. The third kappa shape index (κ3) is 6.29. The fraction of sp³-hybridized carbons (Fsp3) is 0.391. The van der Waals surface area contributed by atoms with Crippen LogP contribution in [0.25, 0.3) is 0 Å². The molecule has 0 bridgehead atoms. The Hall–Kier alpha value is -2.94. The number of nitrogens with zero attached hydrogens (tertiary/aromatic N) is 2. The summed E-state index contributed by atoms with van der Waals surface area (Å²) in [5.74, 6) is -1.31. The number of hydrogen-bond acceptors (Lipinski definition) is 4. The molecule has 0 aliphatic heterocycles. The van der Waals surface area contributed by atoms with Crippen LogP contribution in [0.5, 0.6) is 0 Å². The van der Waals surface area contributed by atoms with Crippen molar-refractivity contribution in [2.24, 2.45) is 0 Å². The molecular formula is C23H30FN3O4S. The summed E-state index contributed by atoms with van der Waals surface area (Å²) in [7, 11) is -2.31. The molecule has 1 N–H and O–H groups in total. The van der Waals surface area contributed by atoms with Gasteiger partial charge in [-0.2, -0.15) is 0 Å². The van der Waals surface area contributed by atoms with Gasteiger partial charge in [-0.1, -0.05) is 31.2 Å². The molecule has 2 aromatic rings. The maximum atomic E-state index is 13.4. The molecular weight excluding hydrogens is 433 g/mol. The number of amides is 2. The van der Waals surface area contributed by atoms with Gasteiger partial charge in [0, 0.05) is 13.6 Å². The molecule has 2 amide bonds. The van der Waals surface area contributed by atoms with E-state index in [1.807, 2.05) is 13.0 Å². The Morgan fingerprint density at radius 3 is 2.25 bits per heavy atom. The number of carbonyl (C=O) groups is 2. The average molecular weight is 464 g/mol. The van der Waals surface area contributed by atoms with Crippen LogP contribution in [-0.4, -0.2) is 51.0 Å². The highest BCUT2D eigenvalue weighted by Gasteiger charge is 2.31. The molecule has 0 saturated carbocycles. The highest BCUT2D eigenvalue weighted by molar-refractivity contribution is 7.92. The van der Waals surface area contributed by atoms with Crippen molar-refractivity contribution >= 4 is 27.5 Å². The van der Waals surface area contributed by atoms with Crippen LogP contribution in [-0.2, 0) is 26.2 Å². The lowest BCUT2D eigenvalue weighted by Crippen LogP contribution is -2.51. The second-order valence-corrected chi connectivity index (χ2v) is 9.65. The first-order valence-electron chi connectivity index (χ1n) is 10.3. The summed E-state index contributed by atoms with van der Waals surface area (Å²) in [4.78, 5) is 27.3.